The Bertz CT molecular complexity index is 733. The lowest BCUT2D eigenvalue weighted by Crippen LogP contribution is -2.56. The summed E-state index contributed by atoms with van der Waals surface area (Å²) in [6.45, 7) is 8.03. The van der Waals surface area contributed by atoms with Crippen LogP contribution >= 0.6 is 0 Å². The molecule has 2 fully saturated rings. The van der Waals surface area contributed by atoms with Crippen LogP contribution in [-0.4, -0.2) is 61.5 Å². The maximum atomic E-state index is 12.5. The Morgan fingerprint density at radius 3 is 2.92 bits per heavy atom. The van der Waals surface area contributed by atoms with Crippen molar-refractivity contribution in [2.45, 2.75) is 52.1 Å². The molecule has 4 heterocycles. The topological polar surface area (TPSA) is 80.9 Å². The third kappa shape index (κ3) is 3.40. The van der Waals surface area contributed by atoms with E-state index < -0.39 is 0 Å². The molecule has 4 rings (SSSR count). The molecule has 2 aliphatic rings. The molecule has 0 spiro atoms. The number of fused-ring (bicyclic) bond motifs is 1. The Morgan fingerprint density at radius 1 is 1.31 bits per heavy atom. The number of likely N-dealkylation sites (tertiary alicyclic amines) is 2. The summed E-state index contributed by atoms with van der Waals surface area (Å²) in [6, 6.07) is 0.391. The van der Waals surface area contributed by atoms with E-state index in [2.05, 4.69) is 43.8 Å². The van der Waals surface area contributed by atoms with Crippen LogP contribution in [0.1, 0.15) is 41.9 Å². The van der Waals surface area contributed by atoms with Crippen LogP contribution < -0.4 is 0 Å². The summed E-state index contributed by atoms with van der Waals surface area (Å²) in [6.07, 6.45) is 7.17. The standard InChI is InChI=1S/C19H28N6O/c1-13-17(14(2)23-22-13)11-24-7-6-18-15(10-24)3-4-19(26)25(18)8-5-16-9-20-12-21-16/h9,12,15,18H,3-8,10-11H2,1-2H3,(H,20,21)(H,22,23)/t15-,18+/m0/s1. The van der Waals surface area contributed by atoms with Crippen molar-refractivity contribution in [1.29, 1.82) is 0 Å². The van der Waals surface area contributed by atoms with Crippen LogP contribution in [0, 0.1) is 19.8 Å². The lowest BCUT2D eigenvalue weighted by Gasteiger charge is -2.47. The van der Waals surface area contributed by atoms with Gasteiger partial charge in [-0.05, 0) is 32.6 Å². The van der Waals surface area contributed by atoms with Gasteiger partial charge in [0.05, 0.1) is 12.0 Å². The fourth-order valence-electron chi connectivity index (χ4n) is 4.55. The molecule has 26 heavy (non-hydrogen) atoms. The van der Waals surface area contributed by atoms with Gasteiger partial charge in [0, 0.05) is 68.2 Å². The second kappa shape index (κ2) is 7.23. The van der Waals surface area contributed by atoms with Crippen molar-refractivity contribution >= 4 is 5.91 Å². The molecule has 2 aromatic rings. The number of rotatable bonds is 5. The zero-order valence-corrected chi connectivity index (χ0v) is 15.7. The van der Waals surface area contributed by atoms with E-state index in [1.807, 2.05) is 6.20 Å². The third-order valence-electron chi connectivity index (χ3n) is 6.07. The number of aromatic nitrogens is 4. The molecule has 1 amide bonds. The number of aromatic amines is 2. The van der Waals surface area contributed by atoms with Crippen LogP contribution in [0.5, 0.6) is 0 Å². The van der Waals surface area contributed by atoms with E-state index in [9.17, 15) is 4.79 Å². The Hall–Kier alpha value is -2.15. The Morgan fingerprint density at radius 2 is 2.19 bits per heavy atom. The number of carbonyl (C=O) groups is 1. The molecule has 0 unspecified atom stereocenters. The predicted octanol–water partition coefficient (Wildman–Crippen LogP) is 1.81. The molecular weight excluding hydrogens is 328 g/mol. The molecule has 0 bridgehead atoms. The summed E-state index contributed by atoms with van der Waals surface area (Å²) < 4.78 is 0. The van der Waals surface area contributed by atoms with E-state index in [0.29, 0.717) is 24.3 Å². The average Bonchev–Trinajstić information content (AvgIpc) is 3.26. The van der Waals surface area contributed by atoms with Crippen molar-refractivity contribution in [1.82, 2.24) is 30.0 Å². The molecule has 140 valence electrons. The van der Waals surface area contributed by atoms with Gasteiger partial charge in [-0.25, -0.2) is 4.98 Å². The van der Waals surface area contributed by atoms with Crippen LogP contribution in [0.15, 0.2) is 12.5 Å². The molecule has 0 saturated carbocycles. The first-order valence-corrected chi connectivity index (χ1v) is 9.61. The number of imidazole rings is 1. The highest BCUT2D eigenvalue weighted by Crippen LogP contribution is 2.32. The quantitative estimate of drug-likeness (QED) is 0.856. The molecular formula is C19H28N6O. The van der Waals surface area contributed by atoms with Crippen LogP contribution in [0.3, 0.4) is 0 Å². The number of nitrogens with one attached hydrogen (secondary N) is 2. The Balaban J connectivity index is 1.39. The lowest BCUT2D eigenvalue weighted by molar-refractivity contribution is -0.141. The number of nitrogens with zero attached hydrogens (tertiary/aromatic N) is 4. The van der Waals surface area contributed by atoms with E-state index in [0.717, 1.165) is 56.8 Å². The zero-order chi connectivity index (χ0) is 18.1. The summed E-state index contributed by atoms with van der Waals surface area (Å²) in [5.74, 6) is 0.900. The molecule has 7 nitrogen and oxygen atoms in total. The maximum Gasteiger partial charge on any atom is 0.222 e. The Labute approximate surface area is 154 Å². The van der Waals surface area contributed by atoms with Gasteiger partial charge in [0.25, 0.3) is 0 Å². The minimum atomic E-state index is 0.320. The summed E-state index contributed by atoms with van der Waals surface area (Å²) in [7, 11) is 0. The van der Waals surface area contributed by atoms with Crippen molar-refractivity contribution in [2.24, 2.45) is 5.92 Å². The van der Waals surface area contributed by atoms with Gasteiger partial charge in [-0.2, -0.15) is 5.10 Å². The first kappa shape index (κ1) is 17.3. The van der Waals surface area contributed by atoms with E-state index >= 15 is 0 Å². The minimum Gasteiger partial charge on any atom is -0.348 e. The van der Waals surface area contributed by atoms with E-state index in [-0.39, 0.29) is 0 Å². The van der Waals surface area contributed by atoms with E-state index in [4.69, 9.17) is 0 Å². The van der Waals surface area contributed by atoms with Gasteiger partial charge in [-0.15, -0.1) is 0 Å². The fourth-order valence-corrected chi connectivity index (χ4v) is 4.55. The van der Waals surface area contributed by atoms with Crippen molar-refractivity contribution in [3.63, 3.8) is 0 Å². The monoisotopic (exact) mass is 356 g/mol. The van der Waals surface area contributed by atoms with Crippen LogP contribution in [0.25, 0.3) is 0 Å². The predicted molar refractivity (Wildman–Crippen MR) is 98.5 cm³/mol. The van der Waals surface area contributed by atoms with Crippen LogP contribution in [-0.2, 0) is 17.8 Å². The van der Waals surface area contributed by atoms with E-state index in [1.54, 1.807) is 6.33 Å². The molecule has 2 atom stereocenters. The number of hydrogen-bond acceptors (Lipinski definition) is 4. The summed E-state index contributed by atoms with van der Waals surface area (Å²) >= 11 is 0. The van der Waals surface area contributed by atoms with Gasteiger partial charge in [-0.3, -0.25) is 14.8 Å². The second-order valence-electron chi connectivity index (χ2n) is 7.72. The number of amides is 1. The highest BCUT2D eigenvalue weighted by molar-refractivity contribution is 5.77. The summed E-state index contributed by atoms with van der Waals surface area (Å²) in [4.78, 5) is 24.4. The normalized spacial score (nSPS) is 24.1. The summed E-state index contributed by atoms with van der Waals surface area (Å²) in [5.41, 5.74) is 4.70. The van der Waals surface area contributed by atoms with Gasteiger partial charge in [0.2, 0.25) is 5.91 Å². The molecule has 0 radical (unpaired) electrons. The van der Waals surface area contributed by atoms with E-state index in [1.165, 1.54) is 11.3 Å². The van der Waals surface area contributed by atoms with Gasteiger partial charge < -0.3 is 9.88 Å². The highest BCUT2D eigenvalue weighted by Gasteiger charge is 2.39. The minimum absolute atomic E-state index is 0.320. The van der Waals surface area contributed by atoms with Gasteiger partial charge >= 0.3 is 0 Å². The molecule has 2 aromatic heterocycles. The smallest absolute Gasteiger partial charge is 0.222 e. The van der Waals surface area contributed by atoms with Crippen molar-refractivity contribution < 1.29 is 4.79 Å². The lowest BCUT2D eigenvalue weighted by atomic mass is 9.83. The second-order valence-corrected chi connectivity index (χ2v) is 7.72. The van der Waals surface area contributed by atoms with Gasteiger partial charge in [-0.1, -0.05) is 0 Å². The summed E-state index contributed by atoms with van der Waals surface area (Å²) in [5, 5.41) is 7.41. The maximum absolute atomic E-state index is 12.5. The molecule has 2 aliphatic heterocycles. The average molecular weight is 356 g/mol. The van der Waals surface area contributed by atoms with Crippen LogP contribution in [0.2, 0.25) is 0 Å². The third-order valence-corrected chi connectivity index (χ3v) is 6.07. The SMILES string of the molecule is Cc1n[nH]c(C)c1CN1CC[C@@H]2[C@@H](CCC(=O)N2CCc2cnc[nH]2)C1. The molecule has 0 aliphatic carbocycles. The van der Waals surface area contributed by atoms with Crippen molar-refractivity contribution in [2.75, 3.05) is 19.6 Å². The molecule has 2 saturated heterocycles. The number of H-pyrrole nitrogens is 2. The zero-order valence-electron chi connectivity index (χ0n) is 15.7. The molecule has 7 heteroatoms. The van der Waals surface area contributed by atoms with Crippen molar-refractivity contribution in [3.05, 3.63) is 35.2 Å². The molecule has 2 N–H and O–H groups in total. The first-order valence-electron chi connectivity index (χ1n) is 9.61. The Kier molecular flexibility index (Phi) is 4.80. The first-order chi connectivity index (χ1) is 12.6. The van der Waals surface area contributed by atoms with Crippen LogP contribution in [0.4, 0.5) is 0 Å². The number of piperidine rings is 2. The van der Waals surface area contributed by atoms with Gasteiger partial charge in [0.1, 0.15) is 0 Å². The van der Waals surface area contributed by atoms with Crippen molar-refractivity contribution in [3.8, 4) is 0 Å². The largest absolute Gasteiger partial charge is 0.348 e. The molecule has 0 aromatic carbocycles. The number of carbonyl (C=O) groups excluding carboxylic acids is 1. The number of aryl methyl sites for hydroxylation is 2. The highest BCUT2D eigenvalue weighted by atomic mass is 16.2. The fraction of sp³-hybridized carbons (Fsp3) is 0.632. The number of hydrogen-bond donors (Lipinski definition) is 2. The van der Waals surface area contributed by atoms with Gasteiger partial charge in [0.15, 0.2) is 0 Å².